The molecule has 0 aliphatic carbocycles. The lowest BCUT2D eigenvalue weighted by Crippen LogP contribution is -2.38. The molecule has 0 fully saturated rings. The van der Waals surface area contributed by atoms with Crippen LogP contribution in [0.2, 0.25) is 0 Å². The van der Waals surface area contributed by atoms with E-state index in [1.807, 2.05) is 26.0 Å². The fourth-order valence-electron chi connectivity index (χ4n) is 2.33. The van der Waals surface area contributed by atoms with Crippen LogP contribution in [0, 0.1) is 13.8 Å². The van der Waals surface area contributed by atoms with E-state index in [0.717, 1.165) is 11.1 Å². The Morgan fingerprint density at radius 3 is 2.38 bits per heavy atom. The number of amides is 1. The summed E-state index contributed by atoms with van der Waals surface area (Å²) < 4.78 is 39.6. The topological polar surface area (TPSA) is 41.1 Å². The van der Waals surface area contributed by atoms with Gasteiger partial charge in [0.25, 0.3) is 0 Å². The maximum atomic E-state index is 13.2. The minimum atomic E-state index is -4.49. The Hall–Kier alpha value is -2.34. The highest BCUT2D eigenvalue weighted by molar-refractivity contribution is 5.93. The Morgan fingerprint density at radius 1 is 1.08 bits per heavy atom. The molecule has 0 aromatic heterocycles. The number of alkyl halides is 3. The predicted octanol–water partition coefficient (Wildman–Crippen LogP) is 4.14. The molecule has 2 aromatic carbocycles. The van der Waals surface area contributed by atoms with E-state index in [-0.39, 0.29) is 5.56 Å². The summed E-state index contributed by atoms with van der Waals surface area (Å²) in [6.07, 6.45) is -4.49. The minimum absolute atomic E-state index is 0.0736. The maximum absolute atomic E-state index is 13.2. The third kappa shape index (κ3) is 4.83. The Kier molecular flexibility index (Phi) is 5.62. The second kappa shape index (κ2) is 7.49. The maximum Gasteiger partial charge on any atom is 0.407 e. The minimum Gasteiger partial charge on any atom is -0.325 e. The highest BCUT2D eigenvalue weighted by atomic mass is 19.4. The number of aryl methyl sites for hydroxylation is 2. The Bertz CT molecular complexity index is 699. The van der Waals surface area contributed by atoms with E-state index in [4.69, 9.17) is 0 Å². The molecule has 0 aliphatic rings. The van der Waals surface area contributed by atoms with Crippen molar-refractivity contribution in [3.63, 3.8) is 0 Å². The molecule has 2 aromatic rings. The van der Waals surface area contributed by atoms with Crippen LogP contribution in [0.4, 0.5) is 18.9 Å². The summed E-state index contributed by atoms with van der Waals surface area (Å²) in [6.45, 7) is 3.26. The van der Waals surface area contributed by atoms with Crippen LogP contribution in [0.5, 0.6) is 0 Å². The lowest BCUT2D eigenvalue weighted by atomic mass is 10.1. The molecule has 0 radical (unpaired) electrons. The first-order chi connectivity index (χ1) is 11.3. The molecule has 3 nitrogen and oxygen atoms in total. The zero-order valence-electron chi connectivity index (χ0n) is 13.4. The van der Waals surface area contributed by atoms with E-state index in [1.165, 1.54) is 24.3 Å². The van der Waals surface area contributed by atoms with Crippen LogP contribution in [-0.4, -0.2) is 18.6 Å². The highest BCUT2D eigenvalue weighted by Crippen LogP contribution is 2.32. The highest BCUT2D eigenvalue weighted by Gasteiger charge is 2.40. The molecular weight excluding hydrogens is 317 g/mol. The molecule has 2 rings (SSSR count). The summed E-state index contributed by atoms with van der Waals surface area (Å²) in [4.78, 5) is 12.0. The van der Waals surface area contributed by atoms with Gasteiger partial charge in [-0.15, -0.1) is 0 Å². The lowest BCUT2D eigenvalue weighted by molar-refractivity contribution is -0.158. The van der Waals surface area contributed by atoms with Gasteiger partial charge in [0.15, 0.2) is 0 Å². The Morgan fingerprint density at radius 2 is 1.75 bits per heavy atom. The molecule has 0 saturated heterocycles. The third-order valence-electron chi connectivity index (χ3n) is 3.59. The molecule has 0 bridgehead atoms. The van der Waals surface area contributed by atoms with Gasteiger partial charge in [0, 0.05) is 5.69 Å². The van der Waals surface area contributed by atoms with Crippen molar-refractivity contribution in [2.45, 2.75) is 26.1 Å². The van der Waals surface area contributed by atoms with Gasteiger partial charge in [0.2, 0.25) is 5.91 Å². The third-order valence-corrected chi connectivity index (χ3v) is 3.59. The summed E-state index contributed by atoms with van der Waals surface area (Å²) >= 11 is 0. The molecule has 0 heterocycles. The zero-order chi connectivity index (χ0) is 17.7. The quantitative estimate of drug-likeness (QED) is 0.862. The molecule has 2 N–H and O–H groups in total. The average Bonchev–Trinajstić information content (AvgIpc) is 2.51. The van der Waals surface area contributed by atoms with Crippen LogP contribution in [0.3, 0.4) is 0 Å². The first kappa shape index (κ1) is 18.0. The fraction of sp³-hybridized carbons (Fsp3) is 0.278. The monoisotopic (exact) mass is 336 g/mol. The van der Waals surface area contributed by atoms with Gasteiger partial charge < -0.3 is 5.32 Å². The molecule has 6 heteroatoms. The molecule has 128 valence electrons. The van der Waals surface area contributed by atoms with Gasteiger partial charge in [-0.25, -0.2) is 0 Å². The molecule has 1 atom stereocenters. The number of hydrogen-bond donors (Lipinski definition) is 2. The average molecular weight is 336 g/mol. The number of nitrogens with one attached hydrogen (secondary N) is 2. The molecular formula is C18H19F3N2O. The van der Waals surface area contributed by atoms with Crippen molar-refractivity contribution in [2.75, 3.05) is 11.9 Å². The second-order valence-corrected chi connectivity index (χ2v) is 5.63. The van der Waals surface area contributed by atoms with Gasteiger partial charge in [-0.2, -0.15) is 13.2 Å². The van der Waals surface area contributed by atoms with Gasteiger partial charge in [-0.05, 0) is 36.6 Å². The molecule has 0 unspecified atom stereocenters. The van der Waals surface area contributed by atoms with Crippen LogP contribution >= 0.6 is 0 Å². The van der Waals surface area contributed by atoms with Gasteiger partial charge in [0.1, 0.15) is 6.04 Å². The molecule has 0 spiro atoms. The van der Waals surface area contributed by atoms with Gasteiger partial charge in [0.05, 0.1) is 6.54 Å². The second-order valence-electron chi connectivity index (χ2n) is 5.63. The number of hydrogen-bond acceptors (Lipinski definition) is 2. The van der Waals surface area contributed by atoms with Crippen molar-refractivity contribution in [2.24, 2.45) is 0 Å². The van der Waals surface area contributed by atoms with E-state index >= 15 is 0 Å². The number of halogens is 3. The van der Waals surface area contributed by atoms with Crippen LogP contribution in [0.25, 0.3) is 0 Å². The summed E-state index contributed by atoms with van der Waals surface area (Å²) in [5, 5.41) is 4.93. The number of carbonyl (C=O) groups excluding carboxylic acids is 1. The fourth-order valence-corrected chi connectivity index (χ4v) is 2.33. The van der Waals surface area contributed by atoms with Gasteiger partial charge >= 0.3 is 6.18 Å². The van der Waals surface area contributed by atoms with Gasteiger partial charge in [-0.1, -0.05) is 42.5 Å². The first-order valence-corrected chi connectivity index (χ1v) is 7.49. The van der Waals surface area contributed by atoms with Crippen LogP contribution < -0.4 is 10.6 Å². The standard InChI is InChI=1S/C18H19F3N2O/c1-12-8-9-13(2)15(10-12)23-16(24)11-22-17(18(19,20)21)14-6-4-3-5-7-14/h3-10,17,22H,11H2,1-2H3,(H,23,24)/t17-/m1/s1. The van der Waals surface area contributed by atoms with Crippen molar-refractivity contribution in [3.8, 4) is 0 Å². The number of rotatable bonds is 5. The van der Waals surface area contributed by atoms with E-state index in [9.17, 15) is 18.0 Å². The van der Waals surface area contributed by atoms with Crippen molar-refractivity contribution in [1.29, 1.82) is 0 Å². The first-order valence-electron chi connectivity index (χ1n) is 7.49. The largest absolute Gasteiger partial charge is 0.407 e. The summed E-state index contributed by atoms with van der Waals surface area (Å²) in [6, 6.07) is 11.1. The lowest BCUT2D eigenvalue weighted by Gasteiger charge is -2.22. The smallest absolute Gasteiger partial charge is 0.325 e. The molecule has 0 aliphatic heterocycles. The molecule has 0 saturated carbocycles. The van der Waals surface area contributed by atoms with E-state index < -0.39 is 24.7 Å². The molecule has 24 heavy (non-hydrogen) atoms. The summed E-state index contributed by atoms with van der Waals surface area (Å²) in [7, 11) is 0. The van der Waals surface area contributed by atoms with Gasteiger partial charge in [-0.3, -0.25) is 10.1 Å². The van der Waals surface area contributed by atoms with Crippen LogP contribution in [0.15, 0.2) is 48.5 Å². The Balaban J connectivity index is 2.04. The van der Waals surface area contributed by atoms with E-state index in [0.29, 0.717) is 5.69 Å². The zero-order valence-corrected chi connectivity index (χ0v) is 13.4. The number of anilines is 1. The predicted molar refractivity (Wildman–Crippen MR) is 87.8 cm³/mol. The van der Waals surface area contributed by atoms with Crippen molar-refractivity contribution >= 4 is 11.6 Å². The SMILES string of the molecule is Cc1ccc(C)c(NC(=O)CN[C@H](c2ccccc2)C(F)(F)F)c1. The molecule has 1 amide bonds. The van der Waals surface area contributed by atoms with Crippen LogP contribution in [0.1, 0.15) is 22.7 Å². The van der Waals surface area contributed by atoms with E-state index in [2.05, 4.69) is 10.6 Å². The summed E-state index contributed by atoms with van der Waals surface area (Å²) in [5.41, 5.74) is 2.49. The number of carbonyl (C=O) groups is 1. The Labute approximate surface area is 138 Å². The summed E-state index contributed by atoms with van der Waals surface area (Å²) in [5.74, 6) is -0.520. The van der Waals surface area contributed by atoms with Crippen molar-refractivity contribution in [3.05, 3.63) is 65.2 Å². The van der Waals surface area contributed by atoms with E-state index in [1.54, 1.807) is 12.1 Å². The van der Waals surface area contributed by atoms with Crippen molar-refractivity contribution in [1.82, 2.24) is 5.32 Å². The van der Waals surface area contributed by atoms with Crippen molar-refractivity contribution < 1.29 is 18.0 Å². The number of benzene rings is 2. The van der Waals surface area contributed by atoms with Crippen LogP contribution in [-0.2, 0) is 4.79 Å². The normalized spacial score (nSPS) is 12.7.